The Morgan fingerprint density at radius 3 is 0.861 bits per heavy atom. The van der Waals surface area contributed by atoms with Gasteiger partial charge in [0.25, 0.3) is 0 Å². The summed E-state index contributed by atoms with van der Waals surface area (Å²) in [6, 6.07) is 24.7. The number of aromatic nitrogens is 4. The van der Waals surface area contributed by atoms with Crippen molar-refractivity contribution in [2.24, 2.45) is 0 Å². The molecule has 9 rings (SSSR count). The number of hydrogen-bond acceptors (Lipinski definition) is 16. The van der Waals surface area contributed by atoms with E-state index in [0.29, 0.717) is 159 Å². The number of halogens is 8. The van der Waals surface area contributed by atoms with Crippen molar-refractivity contribution in [3.05, 3.63) is 138 Å². The minimum Gasteiger partial charge on any atom is -0.744 e. The van der Waals surface area contributed by atoms with Crippen LogP contribution in [0.5, 0.6) is 0 Å². The molecule has 2 N–H and O–H groups in total. The number of nitrogens with zero attached hydrogens (tertiary/aromatic N) is 2. The third-order valence-electron chi connectivity index (χ3n) is 10.8. The molecule has 2 aliphatic heterocycles. The van der Waals surface area contributed by atoms with Gasteiger partial charge in [0.1, 0.15) is 20.2 Å². The fourth-order valence-electron chi connectivity index (χ4n) is 7.73. The predicted octanol–water partition coefficient (Wildman–Crippen LogP) is 13.5. The first-order chi connectivity index (χ1) is 34.2. The van der Waals surface area contributed by atoms with E-state index in [4.69, 9.17) is 9.97 Å². The normalized spacial score (nSPS) is 13.2. The second-order valence-corrected chi connectivity index (χ2v) is 25.5. The number of H-pyrrole nitrogens is 2. The van der Waals surface area contributed by atoms with Gasteiger partial charge in [0, 0.05) is 32.0 Å². The largest absolute Gasteiger partial charge is 0.744 e. The molecule has 0 aliphatic carbocycles. The first-order valence-corrected chi connectivity index (χ1v) is 30.2. The Morgan fingerprint density at radius 1 is 0.403 bits per heavy atom. The fourth-order valence-corrected chi connectivity index (χ4v) is 13.3. The van der Waals surface area contributed by atoms with E-state index in [1.54, 1.807) is 48.5 Å². The quantitative estimate of drug-likeness (QED) is 0.0499. The lowest BCUT2D eigenvalue weighted by molar-refractivity contribution is -0.777. The van der Waals surface area contributed by atoms with Gasteiger partial charge in [-0.15, -0.1) is 0 Å². The number of benzene rings is 4. The maximum absolute atomic E-state index is 12.2. The Morgan fingerprint density at radius 2 is 0.639 bits per heavy atom. The lowest BCUT2D eigenvalue weighted by atomic mass is 10.0. The summed E-state index contributed by atoms with van der Waals surface area (Å²) < 4.78 is 86.2. The van der Waals surface area contributed by atoms with Crippen molar-refractivity contribution in [2.45, 2.75) is 19.6 Å². The smallest absolute Gasteiger partial charge is 0.124 e. The number of fused-ring (bicyclic) bond motifs is 8. The van der Waals surface area contributed by atoms with Crippen LogP contribution in [0.3, 0.4) is 0 Å². The van der Waals surface area contributed by atoms with Gasteiger partial charge in [-0.05, 0) is 198 Å². The molecular weight excluding hydrogens is 1540 g/mol. The van der Waals surface area contributed by atoms with Crippen LogP contribution in [-0.2, 0) is 39.0 Å². The van der Waals surface area contributed by atoms with Gasteiger partial charge in [0.2, 0.25) is 0 Å². The molecule has 0 radical (unpaired) electrons. The van der Waals surface area contributed by atoms with Gasteiger partial charge in [-0.25, -0.2) is 26.8 Å². The fraction of sp³-hybridized carbons (Fsp3) is 0. The molecule has 0 unspecified atom stereocenters. The van der Waals surface area contributed by atoms with E-state index in [2.05, 4.69) is 156 Å². The third-order valence-corrected chi connectivity index (χ3v) is 22.1. The second-order valence-electron chi connectivity index (χ2n) is 14.8. The summed E-state index contributed by atoms with van der Waals surface area (Å²) in [6.45, 7) is 0. The highest BCUT2D eigenvalue weighted by atomic mass is 79.9. The van der Waals surface area contributed by atoms with Crippen LogP contribution in [0, 0.1) is 0 Å². The minimum absolute atomic E-state index is 0.330. The van der Waals surface area contributed by atoms with E-state index < -0.39 is 30.0 Å². The average Bonchev–Trinajstić information content (AvgIpc) is 4.02. The Balaban J connectivity index is 1.55. The van der Waals surface area contributed by atoms with E-state index in [1.165, 1.54) is 48.5 Å². The van der Waals surface area contributed by atoms with Gasteiger partial charge in [0.05, 0.1) is 115 Å². The molecule has 8 bridgehead atoms. The lowest BCUT2D eigenvalue weighted by Gasteiger charge is -2.10. The minimum atomic E-state index is -4.85. The van der Waals surface area contributed by atoms with Crippen molar-refractivity contribution in [3.63, 3.8) is 0 Å². The molecule has 0 spiro atoms. The Bertz CT molecular complexity index is 3610. The van der Waals surface area contributed by atoms with Crippen LogP contribution in [0.25, 0.3) is 84.5 Å². The summed E-state index contributed by atoms with van der Waals surface area (Å²) in [5.41, 5.74) is 7.18. The third kappa shape index (κ3) is 10.4. The first-order valence-electron chi connectivity index (χ1n) is 19.5. The molecule has 0 atom stereocenters. The van der Waals surface area contributed by atoms with Gasteiger partial charge in [-0.3, -0.25) is 10.1 Å². The number of aromatic amines is 2. The second kappa shape index (κ2) is 21.9. The van der Waals surface area contributed by atoms with E-state index in [1.807, 2.05) is 0 Å². The van der Waals surface area contributed by atoms with Crippen LogP contribution in [0.2, 0.25) is 0 Å². The molecule has 16 nitrogen and oxygen atoms in total. The molecule has 370 valence electrons. The average molecular weight is 1560 g/mol. The monoisotopic (exact) mass is 1550 g/mol. The van der Waals surface area contributed by atoms with Gasteiger partial charge in [-0.1, -0.05) is 48.5 Å². The van der Waals surface area contributed by atoms with E-state index >= 15 is 0 Å². The maximum Gasteiger partial charge on any atom is 0.124 e. The van der Waals surface area contributed by atoms with Crippen LogP contribution in [0.1, 0.15) is 22.8 Å². The molecule has 0 saturated carbocycles. The number of rotatable bonds is 12. The van der Waals surface area contributed by atoms with Crippen molar-refractivity contribution in [3.8, 4) is 44.5 Å². The number of hydrogen-bond donors (Lipinski definition) is 2. The Labute approximate surface area is 483 Å². The van der Waals surface area contributed by atoms with Crippen LogP contribution in [-0.4, -0.2) is 45.9 Å². The molecule has 0 saturated heterocycles. The topological polar surface area (TPSA) is 255 Å². The highest BCUT2D eigenvalue weighted by molar-refractivity contribution is 9.18. The maximum atomic E-state index is 12.2. The molecule has 28 heteroatoms. The molecule has 5 heterocycles. The summed E-state index contributed by atoms with van der Waals surface area (Å²) in [5.74, 6) is 0. The predicted molar refractivity (Wildman–Crippen MR) is 295 cm³/mol. The van der Waals surface area contributed by atoms with Crippen molar-refractivity contribution in [2.75, 3.05) is 0 Å². The van der Waals surface area contributed by atoms with Gasteiger partial charge in [-0.2, -0.15) is 8.67 Å². The van der Waals surface area contributed by atoms with Crippen molar-refractivity contribution in [1.29, 1.82) is 0 Å². The Hall–Kier alpha value is -2.40. The summed E-state index contributed by atoms with van der Waals surface area (Å²) in [5, 5.41) is 28.6. The molecule has 4 aromatic carbocycles. The van der Waals surface area contributed by atoms with Crippen LogP contribution >= 0.6 is 152 Å². The van der Waals surface area contributed by atoms with E-state index in [0.717, 1.165) is 0 Å². The Kier molecular flexibility index (Phi) is 16.6. The van der Waals surface area contributed by atoms with Crippen molar-refractivity contribution < 1.29 is 55.2 Å². The van der Waals surface area contributed by atoms with Crippen molar-refractivity contribution >= 4 is 212 Å². The molecular formula is C44H18Br8N4O12S4-4. The highest BCUT2D eigenvalue weighted by Crippen LogP contribution is 2.53. The SMILES string of the molecule is O=S(=O)([O-])c1ccc(-c2c3nc(c(-c4ccc(SOO[O-])cc4)c4[nH]c(c(Br)c4Br)c(-c4ccc(SOO[O-])cc4)c4nc(c(-c5ccc(S(=O)(=O)[O-])cc5)c5[nH]c2c(Br)c5Br)C(Br)=C4Br)C(Br)=C3Br)cc1. The zero-order valence-corrected chi connectivity index (χ0v) is 50.6. The molecule has 0 amide bonds. The zero-order valence-electron chi connectivity index (χ0n) is 34.7. The molecule has 2 aliphatic rings. The highest BCUT2D eigenvalue weighted by Gasteiger charge is 2.31. The first kappa shape index (κ1) is 54.4. The summed E-state index contributed by atoms with van der Waals surface area (Å²) in [6.07, 6.45) is 0. The zero-order chi connectivity index (χ0) is 51.6. The van der Waals surface area contributed by atoms with Crippen LogP contribution in [0.4, 0.5) is 0 Å². The van der Waals surface area contributed by atoms with Gasteiger partial charge < -0.3 is 29.6 Å². The number of nitrogens with one attached hydrogen (secondary N) is 2. The van der Waals surface area contributed by atoms with Crippen LogP contribution < -0.4 is 10.5 Å². The lowest BCUT2D eigenvalue weighted by Crippen LogP contribution is -2.00. The van der Waals surface area contributed by atoms with Gasteiger partial charge >= 0.3 is 0 Å². The van der Waals surface area contributed by atoms with E-state index in [-0.39, 0.29) is 0 Å². The molecule has 3 aromatic heterocycles. The van der Waals surface area contributed by atoms with Gasteiger partial charge in [0.15, 0.2) is 0 Å². The molecule has 72 heavy (non-hydrogen) atoms. The standard InChI is InChI=1S/C44H22Br8N4O12S4/c45-29-30(46)38-26(18-3-11-22(12-4-18)70-68-66-58)40-32(48)34(50)42(55-40)28(20-7-15-24(16-8-20)72(62,63)64)44-36(52)35(51)43(56-44)27(19-5-13-23(14-6-19)71(59,60)61)41-33(49)31(47)39(54-41)25(37(29)53-38)17-1-9-21(10-2-17)69-67-65-57/h1-16,53,56-58H,(H,59,60,61)(H,62,63,64)/p-4. The van der Waals surface area contributed by atoms with Crippen molar-refractivity contribution in [1.82, 2.24) is 19.9 Å². The summed E-state index contributed by atoms with van der Waals surface area (Å²) in [7, 11) is -9.71. The molecule has 0 fully saturated rings. The summed E-state index contributed by atoms with van der Waals surface area (Å²) in [4.78, 5) is 18.0. The molecule has 7 aromatic rings. The van der Waals surface area contributed by atoms with Crippen LogP contribution in [0.15, 0.2) is 135 Å². The van der Waals surface area contributed by atoms with E-state index in [9.17, 15) is 36.5 Å². The summed E-state index contributed by atoms with van der Waals surface area (Å²) >= 11 is 32.2.